The summed E-state index contributed by atoms with van der Waals surface area (Å²) in [4.78, 5) is 35.4. The fourth-order valence-electron chi connectivity index (χ4n) is 11.7. The second-order valence-corrected chi connectivity index (χ2v) is 27.7. The normalized spacial score (nSPS) is 13.2. The molecule has 0 aromatic carbocycles. The minimum atomic E-state index is -4.39. The summed E-state index contributed by atoms with van der Waals surface area (Å²) < 4.78 is 33.3. The summed E-state index contributed by atoms with van der Waals surface area (Å²) in [7, 11) is -4.39. The van der Waals surface area contributed by atoms with Gasteiger partial charge < -0.3 is 20.1 Å². The van der Waals surface area contributed by atoms with Crippen molar-refractivity contribution in [1.29, 1.82) is 0 Å². The van der Waals surface area contributed by atoms with Crippen LogP contribution in [0.4, 0.5) is 0 Å². The summed E-state index contributed by atoms with van der Waals surface area (Å²) in [6, 6.07) is 0. The molecule has 0 radical (unpaired) electrons. The van der Waals surface area contributed by atoms with Gasteiger partial charge in [0, 0.05) is 19.4 Å². The largest absolute Gasteiger partial charge is 0.472 e. The van der Waals surface area contributed by atoms with Crippen LogP contribution in [0.15, 0.2) is 60.8 Å². The number of ether oxygens (including phenoxy) is 2. The topological polar surface area (TPSA) is 134 Å². The van der Waals surface area contributed by atoms with Gasteiger partial charge in [-0.25, -0.2) is 4.57 Å². The first-order chi connectivity index (χ1) is 43.8. The quantitative estimate of drug-likeness (QED) is 0.0264. The van der Waals surface area contributed by atoms with E-state index in [1.807, 2.05) is 0 Å². The molecule has 2 unspecified atom stereocenters. The van der Waals surface area contributed by atoms with Crippen molar-refractivity contribution in [2.24, 2.45) is 5.73 Å². The number of unbranched alkanes of at least 4 members (excludes halogenated alkanes) is 51. The van der Waals surface area contributed by atoms with Crippen LogP contribution in [-0.4, -0.2) is 49.3 Å². The molecule has 0 saturated carbocycles. The van der Waals surface area contributed by atoms with Crippen molar-refractivity contribution in [3.8, 4) is 0 Å². The van der Waals surface area contributed by atoms with Gasteiger partial charge in [0.05, 0.1) is 13.2 Å². The van der Waals surface area contributed by atoms with E-state index in [2.05, 4.69) is 74.6 Å². The Morgan fingerprint density at radius 1 is 0.348 bits per heavy atom. The second kappa shape index (κ2) is 74.7. The zero-order valence-corrected chi connectivity index (χ0v) is 59.8. The van der Waals surface area contributed by atoms with Crippen molar-refractivity contribution >= 4 is 19.8 Å². The third-order valence-corrected chi connectivity index (χ3v) is 18.4. The molecule has 0 rings (SSSR count). The van der Waals surface area contributed by atoms with Gasteiger partial charge >= 0.3 is 19.8 Å². The molecule has 0 fully saturated rings. The summed E-state index contributed by atoms with van der Waals surface area (Å²) in [6.07, 6.45) is 97.9. The van der Waals surface area contributed by atoms with Crippen LogP contribution in [0, 0.1) is 0 Å². The number of hydrogen-bond donors (Lipinski definition) is 2. The minimum Gasteiger partial charge on any atom is -0.462 e. The summed E-state index contributed by atoms with van der Waals surface area (Å²) in [5, 5.41) is 0. The van der Waals surface area contributed by atoms with Crippen LogP contribution in [0.3, 0.4) is 0 Å². The van der Waals surface area contributed by atoms with Gasteiger partial charge in [0.15, 0.2) is 6.10 Å². The van der Waals surface area contributed by atoms with Gasteiger partial charge in [0.2, 0.25) is 0 Å². The molecule has 0 aromatic rings. The molecule has 0 aliphatic carbocycles. The monoisotopic (exact) mass is 1270 g/mol. The van der Waals surface area contributed by atoms with Crippen LogP contribution in [0.25, 0.3) is 0 Å². The van der Waals surface area contributed by atoms with E-state index in [1.54, 1.807) is 0 Å². The zero-order valence-electron chi connectivity index (χ0n) is 58.9. The number of carbonyl (C=O) groups is 2. The molecule has 0 spiro atoms. The summed E-state index contributed by atoms with van der Waals surface area (Å²) in [5.41, 5.74) is 5.41. The van der Waals surface area contributed by atoms with Gasteiger partial charge in [-0.2, -0.15) is 0 Å². The lowest BCUT2D eigenvalue weighted by molar-refractivity contribution is -0.161. The Labute approximate surface area is 552 Å². The van der Waals surface area contributed by atoms with Crippen LogP contribution in [0.1, 0.15) is 399 Å². The number of rotatable bonds is 74. The average molecular weight is 1270 g/mol. The molecule has 0 heterocycles. The zero-order chi connectivity index (χ0) is 64.4. The first-order valence-corrected chi connectivity index (χ1v) is 40.3. The third-order valence-electron chi connectivity index (χ3n) is 17.4. The van der Waals surface area contributed by atoms with E-state index in [1.165, 1.54) is 308 Å². The Morgan fingerprint density at radius 2 is 0.618 bits per heavy atom. The average Bonchev–Trinajstić information content (AvgIpc) is 3.68. The molecule has 9 nitrogen and oxygen atoms in total. The minimum absolute atomic E-state index is 0.0557. The van der Waals surface area contributed by atoms with Crippen molar-refractivity contribution in [2.75, 3.05) is 26.4 Å². The maximum atomic E-state index is 12.8. The van der Waals surface area contributed by atoms with Gasteiger partial charge in [0.1, 0.15) is 6.61 Å². The van der Waals surface area contributed by atoms with Crippen molar-refractivity contribution in [2.45, 2.75) is 405 Å². The van der Waals surface area contributed by atoms with E-state index < -0.39 is 26.5 Å². The number of esters is 2. The van der Waals surface area contributed by atoms with Crippen molar-refractivity contribution < 1.29 is 37.6 Å². The van der Waals surface area contributed by atoms with E-state index in [0.717, 1.165) is 57.8 Å². The van der Waals surface area contributed by atoms with E-state index >= 15 is 0 Å². The highest BCUT2D eigenvalue weighted by atomic mass is 31.2. The highest BCUT2D eigenvalue weighted by Crippen LogP contribution is 2.43. The molecule has 0 bridgehead atoms. The van der Waals surface area contributed by atoms with Gasteiger partial charge in [0.25, 0.3) is 0 Å². The van der Waals surface area contributed by atoms with E-state index in [0.29, 0.717) is 6.42 Å². The number of phosphoric acid groups is 1. The smallest absolute Gasteiger partial charge is 0.462 e. The van der Waals surface area contributed by atoms with Crippen LogP contribution < -0.4 is 5.73 Å². The molecule has 522 valence electrons. The van der Waals surface area contributed by atoms with Crippen LogP contribution in [-0.2, 0) is 32.7 Å². The summed E-state index contributed by atoms with van der Waals surface area (Å²) in [6.45, 7) is 3.71. The molecule has 2 atom stereocenters. The fourth-order valence-corrected chi connectivity index (χ4v) is 12.5. The SMILES string of the molecule is CC/C=C\C/C=C\C/C=C\C/C=C\CCCCCCCCCCCCCCCCCCCCCCCCCCCCC(=O)OC(COC(=O)CCCCCCCCCCCCCCCCCCC/C=C\CCCCCCCCCC)COP(=O)(O)OCCN. The lowest BCUT2D eigenvalue weighted by Crippen LogP contribution is -2.29. The highest BCUT2D eigenvalue weighted by molar-refractivity contribution is 7.47. The first-order valence-electron chi connectivity index (χ1n) is 38.8. The molecule has 3 N–H and O–H groups in total. The number of carbonyl (C=O) groups excluding carboxylic acids is 2. The first kappa shape index (κ1) is 86.7. The van der Waals surface area contributed by atoms with Crippen molar-refractivity contribution in [3.63, 3.8) is 0 Å². The van der Waals surface area contributed by atoms with Crippen LogP contribution in [0.5, 0.6) is 0 Å². The Hall–Kier alpha value is -2.29. The van der Waals surface area contributed by atoms with Crippen molar-refractivity contribution in [1.82, 2.24) is 0 Å². The lowest BCUT2D eigenvalue weighted by Gasteiger charge is -2.19. The number of allylic oxidation sites excluding steroid dienone is 10. The molecule has 10 heteroatoms. The Morgan fingerprint density at radius 3 is 0.933 bits per heavy atom. The molecule has 89 heavy (non-hydrogen) atoms. The van der Waals surface area contributed by atoms with E-state index in [-0.39, 0.29) is 38.6 Å². The standard InChI is InChI=1S/C79H148NO8P/c1-3-5-7-9-11-13-15-17-19-21-23-25-27-29-31-33-34-35-36-37-38-39-40-41-42-44-46-48-50-52-54-56-58-60-62-64-66-68-70-72-79(82)88-77(76-87-89(83,84)86-74-73-80)75-85-78(81)71-69-67-65-63-61-59-57-55-53-51-49-47-45-43-32-30-28-26-24-22-20-18-16-14-12-10-8-6-4-2/h5,7,11,13,17,19,22-25,77H,3-4,6,8-10,12,14-16,18,20-21,26-76,80H2,1-2H3,(H,83,84)/b7-5-,13-11-,19-17-,24-22-,25-23-. The van der Waals surface area contributed by atoms with Crippen LogP contribution in [0.2, 0.25) is 0 Å². The highest BCUT2D eigenvalue weighted by Gasteiger charge is 2.26. The number of nitrogens with two attached hydrogens (primary N) is 1. The fraction of sp³-hybridized carbons (Fsp3) is 0.848. The number of hydrogen-bond acceptors (Lipinski definition) is 8. The Bertz CT molecular complexity index is 1640. The maximum Gasteiger partial charge on any atom is 0.472 e. The number of phosphoric ester groups is 1. The predicted octanol–water partition coefficient (Wildman–Crippen LogP) is 25.8. The van der Waals surface area contributed by atoms with Crippen molar-refractivity contribution in [3.05, 3.63) is 60.8 Å². The molecule has 0 amide bonds. The maximum absolute atomic E-state index is 12.8. The third kappa shape index (κ3) is 74.6. The second-order valence-electron chi connectivity index (χ2n) is 26.2. The lowest BCUT2D eigenvalue weighted by atomic mass is 10.0. The van der Waals surface area contributed by atoms with E-state index in [4.69, 9.17) is 24.3 Å². The molecular formula is C79H148NO8P. The molecule has 0 aliphatic rings. The van der Waals surface area contributed by atoms with Gasteiger partial charge in [-0.05, 0) is 77.0 Å². The predicted molar refractivity (Wildman–Crippen MR) is 386 cm³/mol. The van der Waals surface area contributed by atoms with Crippen LogP contribution >= 0.6 is 7.82 Å². The van der Waals surface area contributed by atoms with Gasteiger partial charge in [-0.3, -0.25) is 18.6 Å². The Kier molecular flexibility index (Phi) is 72.8. The van der Waals surface area contributed by atoms with E-state index in [9.17, 15) is 19.0 Å². The molecular weight excluding hydrogens is 1120 g/mol. The van der Waals surface area contributed by atoms with Gasteiger partial charge in [-0.1, -0.05) is 370 Å². The van der Waals surface area contributed by atoms with Gasteiger partial charge in [-0.15, -0.1) is 0 Å². The molecule has 0 saturated heterocycles. The summed E-state index contributed by atoms with van der Waals surface area (Å²) in [5.74, 6) is -0.804. The molecule has 0 aliphatic heterocycles. The molecule has 0 aromatic heterocycles. The Balaban J connectivity index is 3.76. The summed E-state index contributed by atoms with van der Waals surface area (Å²) >= 11 is 0.